The lowest BCUT2D eigenvalue weighted by molar-refractivity contribution is 0.625. The van der Waals surface area contributed by atoms with Crippen LogP contribution in [0.15, 0.2) is 36.4 Å². The molecule has 0 atom stereocenters. The van der Waals surface area contributed by atoms with E-state index in [1.807, 2.05) is 38.1 Å². The van der Waals surface area contributed by atoms with Crippen LogP contribution in [0.25, 0.3) is 11.1 Å². The number of anilines is 1. The molecule has 0 aliphatic heterocycles. The van der Waals surface area contributed by atoms with Crippen LogP contribution in [0.3, 0.4) is 0 Å². The summed E-state index contributed by atoms with van der Waals surface area (Å²) in [6.07, 6.45) is 0. The average molecular weight is 215 g/mol. The van der Waals surface area contributed by atoms with Crippen molar-refractivity contribution in [2.75, 3.05) is 5.73 Å². The molecule has 16 heavy (non-hydrogen) atoms. The minimum Gasteiger partial charge on any atom is -0.398 e. The summed E-state index contributed by atoms with van der Waals surface area (Å²) in [5, 5.41) is 0. The number of hydrogen-bond acceptors (Lipinski definition) is 1. The second-order valence-corrected chi connectivity index (χ2v) is 4.00. The molecule has 1 nitrogen and oxygen atoms in total. The summed E-state index contributed by atoms with van der Waals surface area (Å²) in [6.45, 7) is 3.80. The molecule has 0 amide bonds. The van der Waals surface area contributed by atoms with Gasteiger partial charge in [0.1, 0.15) is 5.82 Å². The third kappa shape index (κ3) is 1.78. The highest BCUT2D eigenvalue weighted by Gasteiger charge is 2.09. The van der Waals surface area contributed by atoms with Gasteiger partial charge in [-0.05, 0) is 48.7 Å². The van der Waals surface area contributed by atoms with Gasteiger partial charge in [0.15, 0.2) is 0 Å². The summed E-state index contributed by atoms with van der Waals surface area (Å²) in [4.78, 5) is 0. The predicted octanol–water partition coefficient (Wildman–Crippen LogP) is 3.69. The fraction of sp³-hybridized carbons (Fsp3) is 0.143. The second kappa shape index (κ2) is 3.97. The van der Waals surface area contributed by atoms with Crippen LogP contribution in [0, 0.1) is 19.7 Å². The lowest BCUT2D eigenvalue weighted by atomic mass is 9.94. The van der Waals surface area contributed by atoms with Gasteiger partial charge in [-0.15, -0.1) is 0 Å². The van der Waals surface area contributed by atoms with E-state index in [1.165, 1.54) is 12.1 Å². The van der Waals surface area contributed by atoms with Crippen molar-refractivity contribution in [3.8, 4) is 11.1 Å². The number of aryl methyl sites for hydroxylation is 2. The van der Waals surface area contributed by atoms with Crippen LogP contribution in [0.2, 0.25) is 0 Å². The third-order valence-electron chi connectivity index (χ3n) is 2.73. The van der Waals surface area contributed by atoms with Crippen LogP contribution in [-0.4, -0.2) is 0 Å². The summed E-state index contributed by atoms with van der Waals surface area (Å²) in [7, 11) is 0. The Hall–Kier alpha value is -1.83. The van der Waals surface area contributed by atoms with Gasteiger partial charge < -0.3 is 5.73 Å². The molecule has 0 spiro atoms. The maximum Gasteiger partial charge on any atom is 0.123 e. The molecule has 0 saturated heterocycles. The van der Waals surface area contributed by atoms with Gasteiger partial charge in [-0.1, -0.05) is 18.2 Å². The standard InChI is InChI=1S/C14H14FN/c1-9-7-11(15)8-10(2)14(9)12-5-3-4-6-13(12)16/h3-8H,16H2,1-2H3. The molecule has 0 heterocycles. The van der Waals surface area contributed by atoms with Gasteiger partial charge in [-0.25, -0.2) is 4.39 Å². The molecule has 2 heteroatoms. The van der Waals surface area contributed by atoms with E-state index in [9.17, 15) is 4.39 Å². The number of nitrogen functional groups attached to an aromatic ring is 1. The van der Waals surface area contributed by atoms with E-state index in [-0.39, 0.29) is 5.82 Å². The molecular weight excluding hydrogens is 201 g/mol. The molecule has 0 radical (unpaired) electrons. The lowest BCUT2D eigenvalue weighted by Gasteiger charge is -2.12. The zero-order valence-corrected chi connectivity index (χ0v) is 9.42. The average Bonchev–Trinajstić information content (AvgIpc) is 2.19. The minimum absolute atomic E-state index is 0.201. The molecule has 0 bridgehead atoms. The number of nitrogens with two attached hydrogens (primary N) is 1. The zero-order valence-electron chi connectivity index (χ0n) is 9.42. The van der Waals surface area contributed by atoms with Crippen LogP contribution in [0.5, 0.6) is 0 Å². The van der Waals surface area contributed by atoms with Crippen molar-refractivity contribution < 1.29 is 4.39 Å². The molecule has 0 unspecified atom stereocenters. The van der Waals surface area contributed by atoms with Crippen LogP contribution in [-0.2, 0) is 0 Å². The molecule has 0 fully saturated rings. The van der Waals surface area contributed by atoms with E-state index in [2.05, 4.69) is 0 Å². The predicted molar refractivity (Wildman–Crippen MR) is 65.7 cm³/mol. The normalized spacial score (nSPS) is 10.4. The van der Waals surface area contributed by atoms with Crippen LogP contribution in [0.1, 0.15) is 11.1 Å². The smallest absolute Gasteiger partial charge is 0.123 e. The quantitative estimate of drug-likeness (QED) is 0.721. The first-order valence-electron chi connectivity index (χ1n) is 5.21. The summed E-state index contributed by atoms with van der Waals surface area (Å²) in [6, 6.07) is 10.7. The minimum atomic E-state index is -0.201. The Morgan fingerprint density at radius 1 is 1.00 bits per heavy atom. The van der Waals surface area contributed by atoms with Gasteiger partial charge in [0, 0.05) is 11.3 Å². The summed E-state index contributed by atoms with van der Waals surface area (Å²) >= 11 is 0. The monoisotopic (exact) mass is 215 g/mol. The van der Waals surface area contributed by atoms with E-state index in [0.717, 1.165) is 27.9 Å². The number of para-hydroxylation sites is 1. The molecule has 0 aliphatic rings. The van der Waals surface area contributed by atoms with Crippen LogP contribution < -0.4 is 5.73 Å². The molecular formula is C14H14FN. The highest BCUT2D eigenvalue weighted by Crippen LogP contribution is 2.31. The Balaban J connectivity index is 2.70. The van der Waals surface area contributed by atoms with Gasteiger partial charge >= 0.3 is 0 Å². The Morgan fingerprint density at radius 3 is 2.12 bits per heavy atom. The van der Waals surface area contributed by atoms with E-state index in [1.54, 1.807) is 0 Å². The molecule has 0 aliphatic carbocycles. The van der Waals surface area contributed by atoms with Crippen molar-refractivity contribution in [3.05, 3.63) is 53.3 Å². The highest BCUT2D eigenvalue weighted by atomic mass is 19.1. The van der Waals surface area contributed by atoms with Gasteiger partial charge in [0.05, 0.1) is 0 Å². The van der Waals surface area contributed by atoms with E-state index in [0.29, 0.717) is 0 Å². The first kappa shape index (κ1) is 10.7. The van der Waals surface area contributed by atoms with Crippen LogP contribution in [0.4, 0.5) is 10.1 Å². The van der Waals surface area contributed by atoms with E-state index in [4.69, 9.17) is 5.73 Å². The zero-order chi connectivity index (χ0) is 11.7. The first-order valence-corrected chi connectivity index (χ1v) is 5.21. The Bertz CT molecular complexity index is 509. The molecule has 82 valence electrons. The number of benzene rings is 2. The van der Waals surface area contributed by atoms with Crippen molar-refractivity contribution in [2.45, 2.75) is 13.8 Å². The first-order chi connectivity index (χ1) is 7.59. The van der Waals surface area contributed by atoms with Crippen molar-refractivity contribution in [1.29, 1.82) is 0 Å². The fourth-order valence-corrected chi connectivity index (χ4v) is 2.06. The van der Waals surface area contributed by atoms with Gasteiger partial charge in [0.2, 0.25) is 0 Å². The van der Waals surface area contributed by atoms with E-state index >= 15 is 0 Å². The Kier molecular flexibility index (Phi) is 2.65. The van der Waals surface area contributed by atoms with Gasteiger partial charge in [-0.3, -0.25) is 0 Å². The van der Waals surface area contributed by atoms with Crippen molar-refractivity contribution in [3.63, 3.8) is 0 Å². The third-order valence-corrected chi connectivity index (χ3v) is 2.73. The number of rotatable bonds is 1. The molecule has 0 saturated carbocycles. The lowest BCUT2D eigenvalue weighted by Crippen LogP contribution is -1.95. The largest absolute Gasteiger partial charge is 0.398 e. The Labute approximate surface area is 94.7 Å². The highest BCUT2D eigenvalue weighted by molar-refractivity contribution is 5.80. The SMILES string of the molecule is Cc1cc(F)cc(C)c1-c1ccccc1N. The number of hydrogen-bond donors (Lipinski definition) is 1. The van der Waals surface area contributed by atoms with Gasteiger partial charge in [-0.2, -0.15) is 0 Å². The van der Waals surface area contributed by atoms with E-state index < -0.39 is 0 Å². The van der Waals surface area contributed by atoms with Crippen molar-refractivity contribution in [2.24, 2.45) is 0 Å². The van der Waals surface area contributed by atoms with Crippen molar-refractivity contribution in [1.82, 2.24) is 0 Å². The topological polar surface area (TPSA) is 26.0 Å². The fourth-order valence-electron chi connectivity index (χ4n) is 2.06. The molecule has 0 aromatic heterocycles. The second-order valence-electron chi connectivity index (χ2n) is 4.00. The van der Waals surface area contributed by atoms with Gasteiger partial charge in [0.25, 0.3) is 0 Å². The van der Waals surface area contributed by atoms with Crippen molar-refractivity contribution >= 4 is 5.69 Å². The number of halogens is 1. The molecule has 2 rings (SSSR count). The molecule has 2 aromatic carbocycles. The Morgan fingerprint density at radius 2 is 1.56 bits per heavy atom. The summed E-state index contributed by atoms with van der Waals surface area (Å²) < 4.78 is 13.2. The summed E-state index contributed by atoms with van der Waals surface area (Å²) in [5.74, 6) is -0.201. The van der Waals surface area contributed by atoms with Crippen LogP contribution >= 0.6 is 0 Å². The summed E-state index contributed by atoms with van der Waals surface area (Å²) in [5.41, 5.74) is 10.5. The maximum atomic E-state index is 13.2. The maximum absolute atomic E-state index is 13.2. The molecule has 2 N–H and O–H groups in total. The molecule has 2 aromatic rings.